The Hall–Kier alpha value is -1.68. The maximum atomic E-state index is 10.4. The van der Waals surface area contributed by atoms with Crippen molar-refractivity contribution in [2.75, 3.05) is 6.61 Å². The van der Waals surface area contributed by atoms with Crippen LogP contribution in [0.1, 0.15) is 29.5 Å². The van der Waals surface area contributed by atoms with Crippen molar-refractivity contribution in [2.24, 2.45) is 0 Å². The molecule has 1 atom stereocenters. The average Bonchev–Trinajstić information content (AvgIpc) is 2.84. The van der Waals surface area contributed by atoms with Gasteiger partial charge in [-0.2, -0.15) is 0 Å². The first-order valence-electron chi connectivity index (χ1n) is 7.09. The van der Waals surface area contributed by atoms with E-state index in [1.165, 1.54) is 0 Å². The molecule has 108 valence electrons. The molecule has 2 aromatic rings. The Morgan fingerprint density at radius 1 is 1.00 bits per heavy atom. The average molecular weight is 347 g/mol. The van der Waals surface area contributed by atoms with Crippen LogP contribution in [0.2, 0.25) is 0 Å². The highest BCUT2D eigenvalue weighted by molar-refractivity contribution is 9.10. The van der Waals surface area contributed by atoms with Gasteiger partial charge in [-0.15, -0.1) is 0 Å². The largest absolute Gasteiger partial charge is 0.508 e. The van der Waals surface area contributed by atoms with E-state index < -0.39 is 0 Å². The van der Waals surface area contributed by atoms with Crippen molar-refractivity contribution in [2.45, 2.75) is 24.7 Å². The fourth-order valence-corrected chi connectivity index (χ4v) is 4.46. The first-order chi connectivity index (χ1) is 10.1. The van der Waals surface area contributed by atoms with Gasteiger partial charge in [-0.1, -0.05) is 22.0 Å². The van der Waals surface area contributed by atoms with E-state index in [-0.39, 0.29) is 11.2 Å². The zero-order valence-electron chi connectivity index (χ0n) is 11.4. The molecule has 21 heavy (non-hydrogen) atoms. The van der Waals surface area contributed by atoms with E-state index in [4.69, 9.17) is 4.74 Å². The third kappa shape index (κ3) is 1.65. The standard InChI is InChI=1S/C17H15BrO3/c18-11-4-5-13(20)15-10(11)6-7-17(15)8-9-21-14-3-1-2-12(19)16(14)17/h1-5,19-20H,6-9H2. The number of benzene rings is 2. The van der Waals surface area contributed by atoms with Crippen molar-refractivity contribution in [3.63, 3.8) is 0 Å². The number of ether oxygens (including phenoxy) is 1. The van der Waals surface area contributed by atoms with Crippen LogP contribution in [0.3, 0.4) is 0 Å². The van der Waals surface area contributed by atoms with Crippen LogP contribution in [-0.2, 0) is 11.8 Å². The Morgan fingerprint density at radius 2 is 1.81 bits per heavy atom. The lowest BCUT2D eigenvalue weighted by Gasteiger charge is -2.37. The van der Waals surface area contributed by atoms with Gasteiger partial charge in [-0.25, -0.2) is 0 Å². The van der Waals surface area contributed by atoms with E-state index in [1.807, 2.05) is 12.1 Å². The van der Waals surface area contributed by atoms with Crippen LogP contribution < -0.4 is 4.74 Å². The molecule has 0 bridgehead atoms. The second kappa shape index (κ2) is 4.41. The lowest BCUT2D eigenvalue weighted by atomic mass is 9.71. The van der Waals surface area contributed by atoms with E-state index >= 15 is 0 Å². The van der Waals surface area contributed by atoms with Gasteiger partial charge in [-0.05, 0) is 49.1 Å². The third-order valence-corrected chi connectivity index (χ3v) is 5.53. The van der Waals surface area contributed by atoms with Gasteiger partial charge in [-0.3, -0.25) is 0 Å². The van der Waals surface area contributed by atoms with E-state index in [0.717, 1.165) is 46.2 Å². The Morgan fingerprint density at radius 3 is 2.67 bits per heavy atom. The number of halogens is 1. The van der Waals surface area contributed by atoms with E-state index in [0.29, 0.717) is 12.4 Å². The minimum Gasteiger partial charge on any atom is -0.508 e. The Bertz CT molecular complexity index is 741. The molecule has 0 saturated carbocycles. The summed E-state index contributed by atoms with van der Waals surface area (Å²) in [5.74, 6) is 1.29. The van der Waals surface area contributed by atoms with Crippen molar-refractivity contribution >= 4 is 15.9 Å². The van der Waals surface area contributed by atoms with Gasteiger partial charge in [0.15, 0.2) is 0 Å². The second-order valence-electron chi connectivity index (χ2n) is 5.75. The Kier molecular flexibility index (Phi) is 2.73. The molecule has 2 aliphatic rings. The van der Waals surface area contributed by atoms with Crippen molar-refractivity contribution in [1.82, 2.24) is 0 Å². The van der Waals surface area contributed by atoms with Gasteiger partial charge in [0.05, 0.1) is 6.61 Å². The van der Waals surface area contributed by atoms with Crippen LogP contribution >= 0.6 is 15.9 Å². The summed E-state index contributed by atoms with van der Waals surface area (Å²) in [7, 11) is 0. The summed E-state index contributed by atoms with van der Waals surface area (Å²) < 4.78 is 6.75. The topological polar surface area (TPSA) is 49.7 Å². The Labute approximate surface area is 131 Å². The molecule has 1 aliphatic heterocycles. The molecule has 1 spiro atoms. The fraction of sp³-hybridized carbons (Fsp3) is 0.294. The number of aromatic hydroxyl groups is 2. The number of hydrogen-bond donors (Lipinski definition) is 2. The molecule has 1 aliphatic carbocycles. The van der Waals surface area contributed by atoms with Crippen LogP contribution in [0.15, 0.2) is 34.8 Å². The van der Waals surface area contributed by atoms with Crippen LogP contribution in [0, 0.1) is 0 Å². The number of phenolic OH excluding ortho intramolecular Hbond substituents is 2. The highest BCUT2D eigenvalue weighted by Crippen LogP contribution is 2.57. The maximum absolute atomic E-state index is 10.4. The van der Waals surface area contributed by atoms with Crippen LogP contribution in [0.25, 0.3) is 0 Å². The quantitative estimate of drug-likeness (QED) is 0.761. The maximum Gasteiger partial charge on any atom is 0.127 e. The van der Waals surface area contributed by atoms with Crippen molar-refractivity contribution < 1.29 is 14.9 Å². The predicted molar refractivity (Wildman–Crippen MR) is 83.1 cm³/mol. The summed E-state index contributed by atoms with van der Waals surface area (Å²) in [6.45, 7) is 0.599. The van der Waals surface area contributed by atoms with Crippen LogP contribution in [0.5, 0.6) is 17.2 Å². The summed E-state index contributed by atoms with van der Waals surface area (Å²) in [4.78, 5) is 0. The summed E-state index contributed by atoms with van der Waals surface area (Å²) in [5.41, 5.74) is 2.57. The summed E-state index contributed by atoms with van der Waals surface area (Å²) in [6, 6.07) is 9.00. The fourth-order valence-electron chi connectivity index (χ4n) is 3.93. The van der Waals surface area contributed by atoms with Gasteiger partial charge < -0.3 is 14.9 Å². The molecule has 0 amide bonds. The molecule has 2 N–H and O–H groups in total. The minimum absolute atomic E-state index is 0.249. The smallest absolute Gasteiger partial charge is 0.127 e. The molecule has 2 aromatic carbocycles. The highest BCUT2D eigenvalue weighted by Gasteiger charge is 2.48. The van der Waals surface area contributed by atoms with Gasteiger partial charge in [0.1, 0.15) is 17.2 Å². The Balaban J connectivity index is 2.05. The summed E-state index contributed by atoms with van der Waals surface area (Å²) in [6.07, 6.45) is 2.54. The molecule has 0 fully saturated rings. The molecule has 0 aromatic heterocycles. The van der Waals surface area contributed by atoms with Crippen molar-refractivity contribution in [3.05, 3.63) is 51.5 Å². The predicted octanol–water partition coefficient (Wildman–Crippen LogP) is 3.88. The number of phenols is 2. The summed E-state index contributed by atoms with van der Waals surface area (Å²) in [5, 5.41) is 20.8. The van der Waals surface area contributed by atoms with Crippen molar-refractivity contribution in [3.8, 4) is 17.2 Å². The molecule has 4 heteroatoms. The van der Waals surface area contributed by atoms with E-state index in [9.17, 15) is 10.2 Å². The summed E-state index contributed by atoms with van der Waals surface area (Å²) >= 11 is 3.59. The molecular formula is C17H15BrO3. The molecular weight excluding hydrogens is 332 g/mol. The lowest BCUT2D eigenvalue weighted by molar-refractivity contribution is 0.227. The first kappa shape index (κ1) is 13.0. The molecule has 1 heterocycles. The first-order valence-corrected chi connectivity index (χ1v) is 7.89. The zero-order chi connectivity index (χ0) is 14.6. The van der Waals surface area contributed by atoms with E-state index in [1.54, 1.807) is 18.2 Å². The normalized spacial score (nSPS) is 22.7. The third-order valence-electron chi connectivity index (χ3n) is 4.78. The monoisotopic (exact) mass is 346 g/mol. The molecule has 0 radical (unpaired) electrons. The zero-order valence-corrected chi connectivity index (χ0v) is 13.0. The van der Waals surface area contributed by atoms with E-state index in [2.05, 4.69) is 15.9 Å². The number of hydrogen-bond acceptors (Lipinski definition) is 3. The SMILES string of the molecule is Oc1cccc2c1C1(CCO2)CCc2c(Br)ccc(O)c21. The van der Waals surface area contributed by atoms with Crippen LogP contribution in [0.4, 0.5) is 0 Å². The van der Waals surface area contributed by atoms with Gasteiger partial charge >= 0.3 is 0 Å². The second-order valence-corrected chi connectivity index (χ2v) is 6.61. The number of fused-ring (bicyclic) bond motifs is 4. The number of rotatable bonds is 0. The lowest BCUT2D eigenvalue weighted by Crippen LogP contribution is -2.32. The highest BCUT2D eigenvalue weighted by atomic mass is 79.9. The molecule has 0 saturated heterocycles. The minimum atomic E-state index is -0.345. The van der Waals surface area contributed by atoms with Crippen molar-refractivity contribution in [1.29, 1.82) is 0 Å². The molecule has 1 unspecified atom stereocenters. The van der Waals surface area contributed by atoms with Gasteiger partial charge in [0.2, 0.25) is 0 Å². The van der Waals surface area contributed by atoms with Gasteiger partial charge in [0.25, 0.3) is 0 Å². The molecule has 3 nitrogen and oxygen atoms in total. The van der Waals surface area contributed by atoms with Gasteiger partial charge in [0, 0.05) is 21.0 Å². The molecule has 4 rings (SSSR count). The van der Waals surface area contributed by atoms with Crippen LogP contribution in [-0.4, -0.2) is 16.8 Å².